The normalized spacial score (nSPS) is 16.5. The van der Waals surface area contributed by atoms with E-state index in [0.29, 0.717) is 13.0 Å². The molecule has 30 heavy (non-hydrogen) atoms. The molecule has 0 bridgehead atoms. The fourth-order valence-corrected chi connectivity index (χ4v) is 4.42. The highest BCUT2D eigenvalue weighted by Gasteiger charge is 2.34. The number of amides is 1. The van der Waals surface area contributed by atoms with Crippen molar-refractivity contribution in [3.05, 3.63) is 95.3 Å². The summed E-state index contributed by atoms with van der Waals surface area (Å²) in [6.45, 7) is 5.60. The Bertz CT molecular complexity index is 1220. The summed E-state index contributed by atoms with van der Waals surface area (Å²) in [5.41, 5.74) is 6.77. The number of imidazole rings is 1. The average molecular weight is 396 g/mol. The number of carbonyl (C=O) groups excluding carboxylic acids is 1. The summed E-state index contributed by atoms with van der Waals surface area (Å²) in [6.07, 6.45) is 0.491. The molecule has 0 aliphatic carbocycles. The molecule has 4 aromatic rings. The van der Waals surface area contributed by atoms with Crippen LogP contribution >= 0.6 is 0 Å². The largest absolute Gasteiger partial charge is 0.323 e. The van der Waals surface area contributed by atoms with Gasteiger partial charge in [0.25, 0.3) is 0 Å². The van der Waals surface area contributed by atoms with Gasteiger partial charge in [0, 0.05) is 31.1 Å². The Hall–Kier alpha value is -3.40. The number of aryl methyl sites for hydroxylation is 2. The van der Waals surface area contributed by atoms with Crippen molar-refractivity contribution >= 4 is 22.6 Å². The van der Waals surface area contributed by atoms with Gasteiger partial charge < -0.3 is 9.47 Å². The lowest BCUT2D eigenvalue weighted by molar-refractivity contribution is -0.117. The number of hydrogen-bond acceptors (Lipinski definition) is 2. The zero-order valence-corrected chi connectivity index (χ0v) is 17.4. The number of hydrogen-bond donors (Lipinski definition) is 0. The molecular formula is C26H25N3O. The average Bonchev–Trinajstić information content (AvgIpc) is 3.30. The van der Waals surface area contributed by atoms with E-state index in [0.717, 1.165) is 29.1 Å². The van der Waals surface area contributed by atoms with E-state index in [-0.39, 0.29) is 11.8 Å². The van der Waals surface area contributed by atoms with E-state index in [1.54, 1.807) is 0 Å². The third kappa shape index (κ3) is 3.39. The van der Waals surface area contributed by atoms with E-state index in [1.807, 2.05) is 23.1 Å². The molecule has 0 radical (unpaired) electrons. The minimum absolute atomic E-state index is 0.0796. The van der Waals surface area contributed by atoms with Crippen LogP contribution in [0.3, 0.4) is 0 Å². The van der Waals surface area contributed by atoms with Gasteiger partial charge in [0.15, 0.2) is 0 Å². The highest BCUT2D eigenvalue weighted by molar-refractivity contribution is 5.96. The Morgan fingerprint density at radius 3 is 2.53 bits per heavy atom. The van der Waals surface area contributed by atoms with Crippen molar-refractivity contribution in [3.63, 3.8) is 0 Å². The van der Waals surface area contributed by atoms with Gasteiger partial charge in [-0.05, 0) is 43.7 Å². The van der Waals surface area contributed by atoms with E-state index in [9.17, 15) is 4.79 Å². The molecule has 1 aliphatic rings. The van der Waals surface area contributed by atoms with Gasteiger partial charge in [0.2, 0.25) is 5.91 Å². The quantitative estimate of drug-likeness (QED) is 0.475. The van der Waals surface area contributed by atoms with Gasteiger partial charge in [0.1, 0.15) is 5.82 Å². The minimum atomic E-state index is 0.0796. The van der Waals surface area contributed by atoms with Crippen LogP contribution in [0.2, 0.25) is 0 Å². The first-order valence-corrected chi connectivity index (χ1v) is 10.5. The second kappa shape index (κ2) is 7.45. The van der Waals surface area contributed by atoms with Gasteiger partial charge in [-0.15, -0.1) is 0 Å². The molecule has 4 heteroatoms. The second-order valence-electron chi connectivity index (χ2n) is 8.27. The molecule has 2 heterocycles. The van der Waals surface area contributed by atoms with Crippen molar-refractivity contribution in [2.45, 2.75) is 32.7 Å². The molecule has 3 aromatic carbocycles. The van der Waals surface area contributed by atoms with E-state index >= 15 is 0 Å². The van der Waals surface area contributed by atoms with Crippen molar-refractivity contribution < 1.29 is 4.79 Å². The third-order valence-corrected chi connectivity index (χ3v) is 5.94. The number of nitrogens with zero attached hydrogens (tertiary/aromatic N) is 3. The fraction of sp³-hybridized carbons (Fsp3) is 0.231. The van der Waals surface area contributed by atoms with Gasteiger partial charge in [-0.1, -0.05) is 59.7 Å². The van der Waals surface area contributed by atoms with Crippen molar-refractivity contribution in [1.82, 2.24) is 9.55 Å². The predicted molar refractivity (Wildman–Crippen MR) is 121 cm³/mol. The van der Waals surface area contributed by atoms with E-state index in [2.05, 4.69) is 73.0 Å². The number of carbonyl (C=O) groups is 1. The second-order valence-corrected chi connectivity index (χ2v) is 8.27. The summed E-state index contributed by atoms with van der Waals surface area (Å²) < 4.78 is 2.29. The number of rotatable bonds is 4. The topological polar surface area (TPSA) is 38.1 Å². The van der Waals surface area contributed by atoms with Gasteiger partial charge in [-0.2, -0.15) is 0 Å². The highest BCUT2D eigenvalue weighted by atomic mass is 16.2. The Labute approximate surface area is 176 Å². The summed E-state index contributed by atoms with van der Waals surface area (Å²) in [7, 11) is 0. The Balaban J connectivity index is 1.52. The molecule has 1 saturated heterocycles. The molecule has 1 aromatic heterocycles. The molecule has 5 rings (SSSR count). The van der Waals surface area contributed by atoms with Crippen LogP contribution in [0.5, 0.6) is 0 Å². The van der Waals surface area contributed by atoms with Crippen LogP contribution in [-0.2, 0) is 11.3 Å². The van der Waals surface area contributed by atoms with Crippen LogP contribution in [0.4, 0.5) is 5.69 Å². The Morgan fingerprint density at radius 2 is 1.73 bits per heavy atom. The van der Waals surface area contributed by atoms with Crippen molar-refractivity contribution in [3.8, 4) is 0 Å². The van der Waals surface area contributed by atoms with Crippen LogP contribution in [0, 0.1) is 13.8 Å². The first-order chi connectivity index (χ1) is 14.6. The van der Waals surface area contributed by atoms with Gasteiger partial charge in [-0.25, -0.2) is 4.98 Å². The zero-order valence-electron chi connectivity index (χ0n) is 17.4. The van der Waals surface area contributed by atoms with Crippen LogP contribution in [0.1, 0.15) is 34.9 Å². The van der Waals surface area contributed by atoms with E-state index in [4.69, 9.17) is 4.98 Å². The maximum Gasteiger partial charge on any atom is 0.227 e. The van der Waals surface area contributed by atoms with Gasteiger partial charge >= 0.3 is 0 Å². The lowest BCUT2D eigenvalue weighted by Crippen LogP contribution is -2.24. The number of anilines is 1. The molecule has 0 unspecified atom stereocenters. The monoisotopic (exact) mass is 395 g/mol. The molecular weight excluding hydrogens is 370 g/mol. The number of benzene rings is 3. The van der Waals surface area contributed by atoms with Gasteiger partial charge in [0.05, 0.1) is 11.0 Å². The molecule has 1 fully saturated rings. The van der Waals surface area contributed by atoms with Crippen molar-refractivity contribution in [1.29, 1.82) is 0 Å². The van der Waals surface area contributed by atoms with E-state index in [1.165, 1.54) is 16.7 Å². The Morgan fingerprint density at radius 1 is 0.933 bits per heavy atom. The van der Waals surface area contributed by atoms with Crippen LogP contribution in [-0.4, -0.2) is 22.0 Å². The van der Waals surface area contributed by atoms with Crippen LogP contribution in [0.15, 0.2) is 72.8 Å². The Kier molecular flexibility index (Phi) is 4.62. The first kappa shape index (κ1) is 18.6. The predicted octanol–water partition coefficient (Wildman–Crippen LogP) is 5.22. The first-order valence-electron chi connectivity index (χ1n) is 10.5. The summed E-state index contributed by atoms with van der Waals surface area (Å²) in [5.74, 6) is 1.25. The molecule has 150 valence electrons. The molecule has 4 nitrogen and oxygen atoms in total. The summed E-state index contributed by atoms with van der Waals surface area (Å²) in [5, 5.41) is 0. The maximum absolute atomic E-state index is 12.9. The molecule has 1 aliphatic heterocycles. The SMILES string of the molecule is Cc1ccc(N2C[C@@H](c3nc4ccccc4n3Cc3cccc(C)c3)CC2=O)cc1. The molecule has 0 saturated carbocycles. The molecule has 0 spiro atoms. The zero-order chi connectivity index (χ0) is 20.7. The molecule has 1 atom stereocenters. The minimum Gasteiger partial charge on any atom is -0.323 e. The standard InChI is InChI=1S/C26H25N3O/c1-18-10-12-22(13-11-18)28-17-21(15-25(28)30)26-27-23-8-3-4-9-24(23)29(26)16-20-7-5-6-19(2)14-20/h3-14,21H,15-17H2,1-2H3/t21-/m0/s1. The maximum atomic E-state index is 12.9. The number of para-hydroxylation sites is 2. The van der Waals surface area contributed by atoms with E-state index < -0.39 is 0 Å². The lowest BCUT2D eigenvalue weighted by Gasteiger charge is -2.18. The number of aromatic nitrogens is 2. The van der Waals surface area contributed by atoms with Gasteiger partial charge in [-0.3, -0.25) is 4.79 Å². The summed E-state index contributed by atoms with van der Waals surface area (Å²) in [4.78, 5) is 19.7. The molecule has 0 N–H and O–H groups in total. The summed E-state index contributed by atoms with van der Waals surface area (Å²) >= 11 is 0. The van der Waals surface area contributed by atoms with Crippen molar-refractivity contribution in [2.75, 3.05) is 11.4 Å². The summed E-state index contributed by atoms with van der Waals surface area (Å²) in [6, 6.07) is 25.0. The third-order valence-electron chi connectivity index (χ3n) is 5.94. The van der Waals surface area contributed by atoms with Crippen LogP contribution < -0.4 is 4.90 Å². The number of fused-ring (bicyclic) bond motifs is 1. The fourth-order valence-electron chi connectivity index (χ4n) is 4.42. The molecule has 1 amide bonds. The lowest BCUT2D eigenvalue weighted by atomic mass is 10.1. The highest BCUT2D eigenvalue weighted by Crippen LogP contribution is 2.33. The smallest absolute Gasteiger partial charge is 0.227 e. The van der Waals surface area contributed by atoms with Crippen LogP contribution in [0.25, 0.3) is 11.0 Å². The van der Waals surface area contributed by atoms with Crippen molar-refractivity contribution in [2.24, 2.45) is 0 Å².